The third-order valence-corrected chi connectivity index (χ3v) is 3.39. The monoisotopic (exact) mass is 225 g/mol. The Bertz CT molecular complexity index is 508. The Labute approximate surface area is 88.3 Å². The van der Waals surface area contributed by atoms with Crippen LogP contribution in [0.4, 0.5) is 5.69 Å². The fourth-order valence-electron chi connectivity index (χ4n) is 1.41. The zero-order valence-electron chi connectivity index (χ0n) is 8.19. The molecule has 0 radical (unpaired) electrons. The van der Waals surface area contributed by atoms with Gasteiger partial charge in [0.2, 0.25) is 0 Å². The summed E-state index contributed by atoms with van der Waals surface area (Å²) in [6, 6.07) is 6.72. The van der Waals surface area contributed by atoms with Gasteiger partial charge in [0.05, 0.1) is 12.2 Å². The van der Waals surface area contributed by atoms with Gasteiger partial charge in [0.15, 0.2) is 0 Å². The lowest BCUT2D eigenvalue weighted by atomic mass is 10.3. The van der Waals surface area contributed by atoms with Crippen LogP contribution in [0.3, 0.4) is 0 Å². The van der Waals surface area contributed by atoms with Gasteiger partial charge in [-0.05, 0) is 19.2 Å². The van der Waals surface area contributed by atoms with Gasteiger partial charge in [-0.2, -0.15) is 8.42 Å². The minimum atomic E-state index is -3.53. The maximum atomic E-state index is 11.7. The molecule has 1 heterocycles. The number of amidine groups is 1. The molecule has 0 spiro atoms. The smallest absolute Gasteiger partial charge is 0.286 e. The topological polar surface area (TPSA) is 70.6 Å². The van der Waals surface area contributed by atoms with Gasteiger partial charge < -0.3 is 10.6 Å². The molecule has 0 atom stereocenters. The molecule has 0 amide bonds. The SMILES string of the molecule is CNCC1=NS(=O)(=O)c2ccccc2N1. The minimum absolute atomic E-state index is 0.227. The van der Waals surface area contributed by atoms with E-state index in [9.17, 15) is 8.42 Å². The number of sulfonamides is 1. The van der Waals surface area contributed by atoms with E-state index in [-0.39, 0.29) is 4.90 Å². The van der Waals surface area contributed by atoms with Gasteiger partial charge in [0, 0.05) is 0 Å². The van der Waals surface area contributed by atoms with Gasteiger partial charge in [-0.3, -0.25) is 0 Å². The fourth-order valence-corrected chi connectivity index (χ4v) is 2.56. The van der Waals surface area contributed by atoms with Crippen LogP contribution >= 0.6 is 0 Å². The molecule has 1 aromatic carbocycles. The lowest BCUT2D eigenvalue weighted by molar-refractivity contribution is 0.597. The van der Waals surface area contributed by atoms with Gasteiger partial charge in [-0.25, -0.2) is 0 Å². The van der Waals surface area contributed by atoms with Crippen molar-refractivity contribution in [2.45, 2.75) is 4.90 Å². The molecule has 1 aliphatic heterocycles. The molecule has 80 valence electrons. The van der Waals surface area contributed by atoms with Gasteiger partial charge in [0.1, 0.15) is 10.7 Å². The second-order valence-electron chi connectivity index (χ2n) is 3.16. The number of benzene rings is 1. The van der Waals surface area contributed by atoms with E-state index < -0.39 is 10.0 Å². The zero-order valence-corrected chi connectivity index (χ0v) is 9.00. The number of nitrogens with zero attached hydrogens (tertiary/aromatic N) is 1. The van der Waals surface area contributed by atoms with Crippen LogP contribution in [-0.4, -0.2) is 27.8 Å². The van der Waals surface area contributed by atoms with Gasteiger partial charge >= 0.3 is 0 Å². The number of rotatable bonds is 2. The van der Waals surface area contributed by atoms with Crippen molar-refractivity contribution in [2.75, 3.05) is 18.9 Å². The van der Waals surface area contributed by atoms with Crippen LogP contribution in [0.2, 0.25) is 0 Å². The summed E-state index contributed by atoms with van der Waals surface area (Å²) >= 11 is 0. The number of anilines is 1. The first kappa shape index (κ1) is 10.1. The van der Waals surface area contributed by atoms with Crippen LogP contribution < -0.4 is 10.6 Å². The van der Waals surface area contributed by atoms with Crippen molar-refractivity contribution < 1.29 is 8.42 Å². The van der Waals surface area contributed by atoms with E-state index in [4.69, 9.17) is 0 Å². The summed E-state index contributed by atoms with van der Waals surface area (Å²) in [5, 5.41) is 5.81. The molecule has 2 N–H and O–H groups in total. The minimum Gasteiger partial charge on any atom is -0.341 e. The van der Waals surface area contributed by atoms with E-state index in [2.05, 4.69) is 15.0 Å². The van der Waals surface area contributed by atoms with Crippen molar-refractivity contribution in [3.05, 3.63) is 24.3 Å². The Balaban J connectivity index is 2.50. The van der Waals surface area contributed by atoms with E-state index in [0.717, 1.165) is 0 Å². The molecule has 0 saturated heterocycles. The molecule has 0 bridgehead atoms. The normalized spacial score (nSPS) is 17.5. The molecule has 0 unspecified atom stereocenters. The molecular weight excluding hydrogens is 214 g/mol. The van der Waals surface area contributed by atoms with E-state index >= 15 is 0 Å². The first-order chi connectivity index (χ1) is 7.13. The highest BCUT2D eigenvalue weighted by Crippen LogP contribution is 2.26. The molecule has 6 heteroatoms. The van der Waals surface area contributed by atoms with Crippen molar-refractivity contribution in [2.24, 2.45) is 4.40 Å². The van der Waals surface area contributed by atoms with E-state index in [0.29, 0.717) is 18.1 Å². The van der Waals surface area contributed by atoms with Crippen LogP contribution in [0.1, 0.15) is 0 Å². The molecule has 1 aromatic rings. The Morgan fingerprint density at radius 1 is 1.40 bits per heavy atom. The highest BCUT2D eigenvalue weighted by atomic mass is 32.2. The second kappa shape index (κ2) is 3.63. The summed E-state index contributed by atoms with van der Waals surface area (Å²) in [5.74, 6) is 0.413. The predicted octanol–water partition coefficient (Wildman–Crippen LogP) is 0.419. The largest absolute Gasteiger partial charge is 0.341 e. The highest BCUT2D eigenvalue weighted by molar-refractivity contribution is 7.90. The molecule has 2 rings (SSSR count). The summed E-state index contributed by atoms with van der Waals surface area (Å²) in [5.41, 5.74) is 0.581. The third kappa shape index (κ3) is 1.86. The third-order valence-electron chi connectivity index (χ3n) is 2.02. The molecule has 15 heavy (non-hydrogen) atoms. The van der Waals surface area contributed by atoms with Crippen molar-refractivity contribution in [3.63, 3.8) is 0 Å². The summed E-state index contributed by atoms with van der Waals surface area (Å²) in [6.07, 6.45) is 0. The average molecular weight is 225 g/mol. The average Bonchev–Trinajstić information content (AvgIpc) is 2.17. The Kier molecular flexibility index (Phi) is 2.45. The highest BCUT2D eigenvalue weighted by Gasteiger charge is 2.23. The van der Waals surface area contributed by atoms with Crippen LogP contribution in [0.15, 0.2) is 33.6 Å². The summed E-state index contributed by atoms with van der Waals surface area (Å²) in [7, 11) is -1.79. The number of hydrogen-bond acceptors (Lipinski definition) is 4. The maximum absolute atomic E-state index is 11.7. The van der Waals surface area contributed by atoms with Crippen LogP contribution in [0.5, 0.6) is 0 Å². The molecule has 1 aliphatic rings. The van der Waals surface area contributed by atoms with E-state index in [1.165, 1.54) is 6.07 Å². The molecule has 0 fully saturated rings. The summed E-state index contributed by atoms with van der Waals surface area (Å²) < 4.78 is 27.1. The lowest BCUT2D eigenvalue weighted by Gasteiger charge is -2.17. The second-order valence-corrected chi connectivity index (χ2v) is 4.74. The standard InChI is InChI=1S/C9H11N3O2S/c1-10-6-9-11-7-4-2-3-5-8(7)15(13,14)12-9/h2-5,10H,6H2,1H3,(H,11,12). The zero-order chi connectivity index (χ0) is 10.9. The van der Waals surface area contributed by atoms with Gasteiger partial charge in [-0.15, -0.1) is 4.40 Å². The van der Waals surface area contributed by atoms with Gasteiger partial charge in [-0.1, -0.05) is 12.1 Å². The Morgan fingerprint density at radius 2 is 2.13 bits per heavy atom. The molecule has 0 aromatic heterocycles. The lowest BCUT2D eigenvalue weighted by Crippen LogP contribution is -2.30. The number of likely N-dealkylation sites (N-methyl/N-ethyl adjacent to an activating group) is 1. The maximum Gasteiger partial charge on any atom is 0.286 e. The summed E-state index contributed by atoms with van der Waals surface area (Å²) in [6.45, 7) is 0.396. The van der Waals surface area contributed by atoms with Crippen LogP contribution in [0.25, 0.3) is 0 Å². The van der Waals surface area contributed by atoms with E-state index in [1.807, 2.05) is 0 Å². The Hall–Kier alpha value is -1.40. The molecule has 5 nitrogen and oxygen atoms in total. The quantitative estimate of drug-likeness (QED) is 0.765. The number of nitrogens with one attached hydrogen (secondary N) is 2. The van der Waals surface area contributed by atoms with Crippen molar-refractivity contribution >= 4 is 21.5 Å². The van der Waals surface area contributed by atoms with E-state index in [1.54, 1.807) is 25.2 Å². The fraction of sp³-hybridized carbons (Fsp3) is 0.222. The molecule has 0 saturated carbocycles. The van der Waals surface area contributed by atoms with Crippen molar-refractivity contribution in [3.8, 4) is 0 Å². The molecular formula is C9H11N3O2S. The predicted molar refractivity (Wildman–Crippen MR) is 58.6 cm³/mol. The first-order valence-corrected chi connectivity index (χ1v) is 5.92. The Morgan fingerprint density at radius 3 is 2.87 bits per heavy atom. The van der Waals surface area contributed by atoms with Crippen molar-refractivity contribution in [1.82, 2.24) is 5.32 Å². The van der Waals surface area contributed by atoms with Crippen LogP contribution in [-0.2, 0) is 10.0 Å². The number of para-hydroxylation sites is 1. The van der Waals surface area contributed by atoms with Crippen molar-refractivity contribution in [1.29, 1.82) is 0 Å². The first-order valence-electron chi connectivity index (χ1n) is 4.48. The number of hydrogen-bond donors (Lipinski definition) is 2. The summed E-state index contributed by atoms with van der Waals surface area (Å²) in [4.78, 5) is 0.227. The van der Waals surface area contributed by atoms with Gasteiger partial charge in [0.25, 0.3) is 10.0 Å². The number of fused-ring (bicyclic) bond motifs is 1. The van der Waals surface area contributed by atoms with Crippen LogP contribution in [0, 0.1) is 0 Å². The molecule has 0 aliphatic carbocycles.